The van der Waals surface area contributed by atoms with Gasteiger partial charge in [-0.3, -0.25) is 14.9 Å². The van der Waals surface area contributed by atoms with E-state index in [1.807, 2.05) is 50.2 Å². The monoisotopic (exact) mass is 521 g/mol. The van der Waals surface area contributed by atoms with E-state index in [1.54, 1.807) is 29.2 Å². The molecule has 0 atom stereocenters. The maximum absolute atomic E-state index is 13.3. The average molecular weight is 522 g/mol. The summed E-state index contributed by atoms with van der Waals surface area (Å²) >= 11 is 1.31. The Balaban J connectivity index is 1.45. The van der Waals surface area contributed by atoms with Crippen LogP contribution in [0.2, 0.25) is 0 Å². The summed E-state index contributed by atoms with van der Waals surface area (Å²) in [7, 11) is 0. The van der Waals surface area contributed by atoms with Crippen LogP contribution in [0.5, 0.6) is 0 Å². The molecule has 0 radical (unpaired) electrons. The summed E-state index contributed by atoms with van der Waals surface area (Å²) in [6.45, 7) is 3.91. The van der Waals surface area contributed by atoms with E-state index in [4.69, 9.17) is 5.10 Å². The van der Waals surface area contributed by atoms with E-state index in [-0.39, 0.29) is 11.2 Å². The smallest absolute Gasteiger partial charge is 0.266 e. The fraction of sp³-hybridized carbons (Fsp3) is 0.0741. The molecule has 0 N–H and O–H groups in total. The Bertz CT molecular complexity index is 1940. The molecule has 0 spiro atoms. The van der Waals surface area contributed by atoms with Gasteiger partial charge in [-0.25, -0.2) is 14.6 Å². The Labute approximate surface area is 219 Å². The number of thiophene rings is 1. The van der Waals surface area contributed by atoms with Gasteiger partial charge in [-0.2, -0.15) is 14.9 Å². The molecule has 6 aromatic rings. The highest BCUT2D eigenvalue weighted by molar-refractivity contribution is 7.25. The second-order valence-electron chi connectivity index (χ2n) is 8.70. The van der Waals surface area contributed by atoms with E-state index >= 15 is 0 Å². The summed E-state index contributed by atoms with van der Waals surface area (Å²) in [4.78, 5) is 33.8. The Morgan fingerprint density at radius 3 is 2.58 bits per heavy atom. The summed E-state index contributed by atoms with van der Waals surface area (Å²) < 4.78 is 3.38. The van der Waals surface area contributed by atoms with Crippen LogP contribution in [0.15, 0.2) is 83.1 Å². The third-order valence-corrected chi connectivity index (χ3v) is 7.16. The Morgan fingerprint density at radius 1 is 1.08 bits per heavy atom. The molecular weight excluding hydrogens is 502 g/mol. The zero-order valence-corrected chi connectivity index (χ0v) is 21.1. The molecule has 11 heteroatoms. The minimum absolute atomic E-state index is 0.0133. The maximum atomic E-state index is 13.3. The number of hydrogen-bond acceptors (Lipinski definition) is 8. The minimum Gasteiger partial charge on any atom is -0.266 e. The van der Waals surface area contributed by atoms with E-state index in [0.29, 0.717) is 27.0 Å². The van der Waals surface area contributed by atoms with Gasteiger partial charge >= 0.3 is 0 Å². The van der Waals surface area contributed by atoms with Gasteiger partial charge in [0.2, 0.25) is 0 Å². The lowest BCUT2D eigenvalue weighted by molar-refractivity contribution is -0.384. The Hall–Kier alpha value is -5.03. The van der Waals surface area contributed by atoms with Crippen molar-refractivity contribution in [3.05, 3.63) is 110 Å². The van der Waals surface area contributed by atoms with Crippen LogP contribution in [0, 0.1) is 24.0 Å². The van der Waals surface area contributed by atoms with Gasteiger partial charge in [0.1, 0.15) is 21.6 Å². The van der Waals surface area contributed by atoms with E-state index in [9.17, 15) is 14.9 Å². The summed E-state index contributed by atoms with van der Waals surface area (Å²) in [5.41, 5.74) is 4.91. The second kappa shape index (κ2) is 9.12. The molecule has 0 aliphatic rings. The number of fused-ring (bicyclic) bond motifs is 3. The zero-order chi connectivity index (χ0) is 26.4. The number of pyridine rings is 1. The summed E-state index contributed by atoms with van der Waals surface area (Å²) in [6.07, 6.45) is 4.74. The molecule has 0 fully saturated rings. The summed E-state index contributed by atoms with van der Waals surface area (Å²) in [5, 5.41) is 21.1. The molecule has 0 amide bonds. The van der Waals surface area contributed by atoms with E-state index in [2.05, 4.69) is 15.1 Å². The zero-order valence-electron chi connectivity index (χ0n) is 20.3. The van der Waals surface area contributed by atoms with Gasteiger partial charge in [0.05, 0.1) is 22.3 Å². The van der Waals surface area contributed by atoms with Crippen molar-refractivity contribution < 1.29 is 4.92 Å². The third kappa shape index (κ3) is 4.04. The summed E-state index contributed by atoms with van der Waals surface area (Å²) in [6, 6.07) is 17.7. The molecule has 38 heavy (non-hydrogen) atoms. The fourth-order valence-electron chi connectivity index (χ4n) is 4.33. The van der Waals surface area contributed by atoms with E-state index in [1.165, 1.54) is 34.5 Å². The normalized spacial score (nSPS) is 11.6. The molecule has 0 aliphatic carbocycles. The minimum atomic E-state index is -0.448. The molecule has 0 unspecified atom stereocenters. The molecule has 0 aliphatic heterocycles. The highest BCUT2D eigenvalue weighted by atomic mass is 32.1. The molecule has 4 heterocycles. The first-order valence-corrected chi connectivity index (χ1v) is 12.4. The molecule has 186 valence electrons. The van der Waals surface area contributed by atoms with Crippen molar-refractivity contribution in [3.63, 3.8) is 0 Å². The van der Waals surface area contributed by atoms with Crippen LogP contribution in [0.3, 0.4) is 0 Å². The number of benzene rings is 2. The number of non-ortho nitro benzene ring substituents is 1. The largest absolute Gasteiger partial charge is 0.291 e. The average Bonchev–Trinajstić information content (AvgIpc) is 3.51. The van der Waals surface area contributed by atoms with Gasteiger partial charge in [0, 0.05) is 40.5 Å². The Morgan fingerprint density at radius 2 is 1.84 bits per heavy atom. The number of rotatable bonds is 5. The molecule has 0 bridgehead atoms. The van der Waals surface area contributed by atoms with Crippen molar-refractivity contribution in [2.45, 2.75) is 13.8 Å². The first-order valence-electron chi connectivity index (χ1n) is 11.6. The molecule has 0 saturated carbocycles. The SMILES string of the molecule is Cc1cc(C)c2c(n1)sc1c(=O)n(/N=C/c3cn(-c4ccccc4)nc3-c3ccc([N+](=O)[O-])cc3)cnc12. The van der Waals surface area contributed by atoms with Crippen LogP contribution in [0.1, 0.15) is 16.8 Å². The number of hydrogen-bond donors (Lipinski definition) is 0. The van der Waals surface area contributed by atoms with Crippen molar-refractivity contribution in [1.82, 2.24) is 24.4 Å². The maximum Gasteiger partial charge on any atom is 0.291 e. The molecule has 0 saturated heterocycles. The molecule has 4 aromatic heterocycles. The van der Waals surface area contributed by atoms with Crippen molar-refractivity contribution in [1.29, 1.82) is 0 Å². The Kier molecular flexibility index (Phi) is 5.61. The number of aryl methyl sites for hydroxylation is 2. The predicted molar refractivity (Wildman–Crippen MR) is 147 cm³/mol. The molecule has 6 rings (SSSR count). The lowest BCUT2D eigenvalue weighted by Crippen LogP contribution is -2.15. The first-order chi connectivity index (χ1) is 18.4. The van der Waals surface area contributed by atoms with Crippen LogP contribution >= 0.6 is 11.3 Å². The quantitative estimate of drug-likeness (QED) is 0.173. The highest BCUT2D eigenvalue weighted by Gasteiger charge is 2.16. The lowest BCUT2D eigenvalue weighted by Gasteiger charge is -2.01. The van der Waals surface area contributed by atoms with Gasteiger partial charge in [-0.05, 0) is 49.7 Å². The predicted octanol–water partition coefficient (Wildman–Crippen LogP) is 5.27. The van der Waals surface area contributed by atoms with Crippen LogP contribution in [0.4, 0.5) is 5.69 Å². The first kappa shape index (κ1) is 23.4. The van der Waals surface area contributed by atoms with Crippen LogP contribution in [0.25, 0.3) is 37.4 Å². The lowest BCUT2D eigenvalue weighted by atomic mass is 10.1. The molecule has 2 aromatic carbocycles. The van der Waals surface area contributed by atoms with Crippen molar-refractivity contribution in [3.8, 4) is 16.9 Å². The van der Waals surface area contributed by atoms with Crippen LogP contribution in [-0.4, -0.2) is 35.6 Å². The van der Waals surface area contributed by atoms with Gasteiger partial charge in [0.15, 0.2) is 0 Å². The van der Waals surface area contributed by atoms with Gasteiger partial charge in [-0.15, -0.1) is 11.3 Å². The standard InChI is InChI=1S/C27H19N7O3S/c1-16-12-17(2)30-26-22(16)24-25(38-26)27(35)33(15-28-24)29-13-19-14-32(20-6-4-3-5-7-20)31-23(19)18-8-10-21(11-9-18)34(36)37/h3-15H,1-2H3/b29-13+. The van der Waals surface area contributed by atoms with Gasteiger partial charge in [-0.1, -0.05) is 18.2 Å². The van der Waals surface area contributed by atoms with Gasteiger partial charge < -0.3 is 0 Å². The third-order valence-electron chi connectivity index (χ3n) is 6.10. The topological polar surface area (TPSA) is 121 Å². The van der Waals surface area contributed by atoms with Crippen molar-refractivity contribution in [2.75, 3.05) is 0 Å². The van der Waals surface area contributed by atoms with Crippen molar-refractivity contribution in [2.24, 2.45) is 5.10 Å². The number of nitrogens with zero attached hydrogens (tertiary/aromatic N) is 7. The molecular formula is C27H19N7O3S. The second-order valence-corrected chi connectivity index (χ2v) is 9.70. The van der Waals surface area contributed by atoms with E-state index in [0.717, 1.165) is 27.2 Å². The van der Waals surface area contributed by atoms with Crippen LogP contribution < -0.4 is 5.56 Å². The van der Waals surface area contributed by atoms with E-state index < -0.39 is 4.92 Å². The number of para-hydroxylation sites is 1. The highest BCUT2D eigenvalue weighted by Crippen LogP contribution is 2.31. The van der Waals surface area contributed by atoms with Crippen LogP contribution in [-0.2, 0) is 0 Å². The number of nitro benzene ring substituents is 1. The summed E-state index contributed by atoms with van der Waals surface area (Å²) in [5.74, 6) is 0. The van der Waals surface area contributed by atoms with Crippen molar-refractivity contribution >= 4 is 43.7 Å². The number of aromatic nitrogens is 5. The number of nitro groups is 1. The molecule has 10 nitrogen and oxygen atoms in total. The van der Waals surface area contributed by atoms with Gasteiger partial charge in [0.25, 0.3) is 11.2 Å². The fourth-order valence-corrected chi connectivity index (χ4v) is 5.50.